The highest BCUT2D eigenvalue weighted by molar-refractivity contribution is 7.86. The molecule has 0 saturated carbocycles. The van der Waals surface area contributed by atoms with Gasteiger partial charge in [0.1, 0.15) is 0 Å². The largest absolute Gasteiger partial charge is 0.481 e. The SMILES string of the molecule is CO/C(O)=C(\C)C[P+](N=P(N(C)C)(N(C)C)N(C)C)(N=P(N(C)C)(N(C)C)N(C)C)N=P(N(C)C)(N(C)C)N(C)CC(C)(C)C. The molecule has 0 aliphatic carbocycles. The van der Waals surface area contributed by atoms with Gasteiger partial charge in [-0.3, -0.25) is 0 Å². The molecule has 18 heteroatoms. The Labute approximate surface area is 279 Å². The molecule has 0 unspecified atom stereocenters. The summed E-state index contributed by atoms with van der Waals surface area (Å²) in [7, 11) is 26.2. The van der Waals surface area contributed by atoms with Gasteiger partial charge < -0.3 is 9.84 Å². The molecule has 0 saturated heterocycles. The van der Waals surface area contributed by atoms with E-state index in [-0.39, 0.29) is 11.4 Å². The van der Waals surface area contributed by atoms with Gasteiger partial charge in [-0.15, -0.1) is 0 Å². The molecule has 0 heterocycles. The molecule has 0 radical (unpaired) electrons. The van der Waals surface area contributed by atoms with E-state index in [1.165, 1.54) is 7.11 Å². The highest BCUT2D eigenvalue weighted by Gasteiger charge is 2.53. The maximum Gasteiger partial charge on any atom is 0.376 e. The minimum absolute atomic E-state index is 0.0163. The van der Waals surface area contributed by atoms with E-state index in [4.69, 9.17) is 18.3 Å². The second-order valence-electron chi connectivity index (χ2n) is 14.2. The summed E-state index contributed by atoms with van der Waals surface area (Å²) in [6.45, 7) is 9.48. The standard InChI is InChI=1S/C27H70N12O2P4/c1-25(26(40)41-22)23-42(28-43(31(5)6,32(7)8)33(9)10,29-44(34(11)12,35(13)14)36(15)16)30-45(37(17)18,38(19)20)39(21)24-27(2,3)4/h23-24H2,1-22H3/p+1/b26-25+. The van der Waals surface area contributed by atoms with Crippen molar-refractivity contribution in [1.82, 2.24) is 42.0 Å². The molecular formula is C27H71N12O2P4+. The normalized spacial score (nSPS) is 15.1. The van der Waals surface area contributed by atoms with Gasteiger partial charge in [-0.2, -0.15) is 0 Å². The molecule has 0 aliphatic rings. The summed E-state index contributed by atoms with van der Waals surface area (Å²) in [6.07, 6.45) is 0.327. The first kappa shape index (κ1) is 45.1. The Morgan fingerprint density at radius 1 is 0.578 bits per heavy atom. The highest BCUT2D eigenvalue weighted by atomic mass is 31.3. The zero-order chi connectivity index (χ0) is 36.1. The number of hydrogen-bond acceptors (Lipinski definition) is 5. The van der Waals surface area contributed by atoms with Crippen molar-refractivity contribution in [1.29, 1.82) is 0 Å². The Morgan fingerprint density at radius 2 is 0.844 bits per heavy atom. The van der Waals surface area contributed by atoms with E-state index in [2.05, 4.69) is 183 Å². The Kier molecular flexibility index (Phi) is 17.2. The summed E-state index contributed by atoms with van der Waals surface area (Å²) < 4.78 is 43.8. The number of ether oxygens (including phenoxy) is 1. The van der Waals surface area contributed by atoms with E-state index in [1.807, 2.05) is 6.92 Å². The lowest BCUT2D eigenvalue weighted by Gasteiger charge is -2.45. The van der Waals surface area contributed by atoms with Gasteiger partial charge in [0.25, 0.3) is 5.95 Å². The molecule has 0 aliphatic heterocycles. The molecule has 0 fully saturated rings. The quantitative estimate of drug-likeness (QED) is 0.140. The number of nitrogens with zero attached hydrogens (tertiary/aromatic N) is 12. The van der Waals surface area contributed by atoms with E-state index in [1.54, 1.807) is 0 Å². The zero-order valence-electron chi connectivity index (χ0n) is 32.9. The van der Waals surface area contributed by atoms with Crippen molar-refractivity contribution in [2.75, 3.05) is 140 Å². The second kappa shape index (κ2) is 17.2. The van der Waals surface area contributed by atoms with Crippen LogP contribution in [-0.2, 0) is 4.74 Å². The third kappa shape index (κ3) is 10.1. The molecule has 0 rings (SSSR count). The van der Waals surface area contributed by atoms with Crippen molar-refractivity contribution in [3.05, 3.63) is 11.5 Å². The zero-order valence-corrected chi connectivity index (χ0v) is 36.5. The lowest BCUT2D eigenvalue weighted by Crippen LogP contribution is -2.37. The number of rotatable bonds is 16. The van der Waals surface area contributed by atoms with E-state index >= 15 is 0 Å². The van der Waals surface area contributed by atoms with Crippen molar-refractivity contribution >= 4 is 30.2 Å². The Bertz CT molecular complexity index is 1050. The first-order valence-electron chi connectivity index (χ1n) is 15.0. The second-order valence-corrected chi connectivity index (χ2v) is 28.3. The van der Waals surface area contributed by atoms with Gasteiger partial charge in [0.15, 0.2) is 6.16 Å². The maximum absolute atomic E-state index is 11.0. The van der Waals surface area contributed by atoms with Gasteiger partial charge in [-0.25, -0.2) is 42.0 Å². The van der Waals surface area contributed by atoms with Crippen molar-refractivity contribution in [2.24, 2.45) is 19.0 Å². The van der Waals surface area contributed by atoms with Crippen LogP contribution in [0, 0.1) is 5.41 Å². The number of allylic oxidation sites excluding steroid dienone is 1. The predicted molar refractivity (Wildman–Crippen MR) is 204 cm³/mol. The fourth-order valence-corrected chi connectivity index (χ4v) is 25.9. The first-order valence-corrected chi connectivity index (χ1v) is 21.7. The van der Waals surface area contributed by atoms with Crippen LogP contribution in [0.15, 0.2) is 25.1 Å². The number of methoxy groups -OCH3 is 1. The summed E-state index contributed by atoms with van der Waals surface area (Å²) in [6, 6.07) is 0. The maximum atomic E-state index is 11.0. The minimum Gasteiger partial charge on any atom is -0.481 e. The van der Waals surface area contributed by atoms with Crippen LogP contribution in [0.5, 0.6) is 0 Å². The average Bonchev–Trinajstić information content (AvgIpc) is 2.85. The van der Waals surface area contributed by atoms with Crippen LogP contribution in [0.2, 0.25) is 0 Å². The van der Waals surface area contributed by atoms with Crippen LogP contribution in [0.25, 0.3) is 0 Å². The molecule has 0 aromatic heterocycles. The lowest BCUT2D eigenvalue weighted by molar-refractivity contribution is 0.131. The van der Waals surface area contributed by atoms with Gasteiger partial charge in [-0.1, -0.05) is 20.8 Å². The van der Waals surface area contributed by atoms with E-state index in [0.717, 1.165) is 6.54 Å². The topological polar surface area (TPSA) is 95.7 Å². The summed E-state index contributed by atoms with van der Waals surface area (Å²) in [5.41, 5.74) is 0.683. The molecule has 0 aromatic rings. The van der Waals surface area contributed by atoms with E-state index in [0.29, 0.717) is 11.7 Å². The average molecular weight is 720 g/mol. The molecule has 0 aromatic carbocycles. The first-order chi connectivity index (χ1) is 20.2. The van der Waals surface area contributed by atoms with Gasteiger partial charge in [-0.05, 0) is 146 Å². The summed E-state index contributed by atoms with van der Waals surface area (Å²) >= 11 is 0. The van der Waals surface area contributed by atoms with Crippen molar-refractivity contribution in [2.45, 2.75) is 27.7 Å². The Hall–Kier alpha value is 0.1000. The van der Waals surface area contributed by atoms with Gasteiger partial charge in [0.2, 0.25) is 22.5 Å². The van der Waals surface area contributed by atoms with Gasteiger partial charge in [0, 0.05) is 6.54 Å². The summed E-state index contributed by atoms with van der Waals surface area (Å²) in [5.74, 6) is -0.117. The molecule has 270 valence electrons. The van der Waals surface area contributed by atoms with Gasteiger partial charge in [0.05, 0.1) is 12.7 Å². The van der Waals surface area contributed by atoms with Crippen LogP contribution in [-0.4, -0.2) is 187 Å². The van der Waals surface area contributed by atoms with Crippen molar-refractivity contribution in [3.63, 3.8) is 0 Å². The Balaban J connectivity index is 9.58. The highest BCUT2D eigenvalue weighted by Crippen LogP contribution is 2.83. The predicted octanol–water partition coefficient (Wildman–Crippen LogP) is 6.49. The molecule has 45 heavy (non-hydrogen) atoms. The smallest absolute Gasteiger partial charge is 0.376 e. The third-order valence-electron chi connectivity index (χ3n) is 7.25. The van der Waals surface area contributed by atoms with Crippen molar-refractivity contribution < 1.29 is 9.84 Å². The Morgan fingerprint density at radius 3 is 1.07 bits per heavy atom. The molecular weight excluding hydrogens is 648 g/mol. The van der Waals surface area contributed by atoms with Crippen LogP contribution >= 0.6 is 30.2 Å². The molecule has 0 spiro atoms. The van der Waals surface area contributed by atoms with Crippen LogP contribution in [0.3, 0.4) is 0 Å². The van der Waals surface area contributed by atoms with Crippen molar-refractivity contribution in [3.8, 4) is 0 Å². The molecule has 14 nitrogen and oxygen atoms in total. The molecule has 0 amide bonds. The lowest BCUT2D eigenvalue weighted by atomic mass is 9.97. The number of aliphatic hydroxyl groups is 1. The number of aliphatic hydroxyl groups excluding tert-OH is 1. The molecule has 1 N–H and O–H groups in total. The summed E-state index contributed by atoms with van der Waals surface area (Å²) in [5, 5.41) is 11.0. The van der Waals surface area contributed by atoms with E-state index in [9.17, 15) is 5.11 Å². The van der Waals surface area contributed by atoms with Gasteiger partial charge >= 0.3 is 7.71 Å². The van der Waals surface area contributed by atoms with Crippen LogP contribution < -0.4 is 0 Å². The molecule has 0 bridgehead atoms. The monoisotopic (exact) mass is 719 g/mol. The fourth-order valence-electron chi connectivity index (χ4n) is 5.89. The van der Waals surface area contributed by atoms with Crippen LogP contribution in [0.1, 0.15) is 27.7 Å². The van der Waals surface area contributed by atoms with E-state index < -0.39 is 30.2 Å². The number of hydrogen-bond donors (Lipinski definition) is 1. The van der Waals surface area contributed by atoms with Crippen LogP contribution in [0.4, 0.5) is 0 Å². The molecule has 0 atom stereocenters. The minimum atomic E-state index is -3.18. The third-order valence-corrected chi connectivity index (χ3v) is 24.1. The fraction of sp³-hybridized carbons (Fsp3) is 0.926. The summed E-state index contributed by atoms with van der Waals surface area (Å²) in [4.78, 5) is 0.